The molecule has 148 valence electrons. The second-order valence-corrected chi connectivity index (χ2v) is 7.35. The van der Waals surface area contributed by atoms with Gasteiger partial charge in [-0.25, -0.2) is 0 Å². The molecule has 0 aliphatic rings. The van der Waals surface area contributed by atoms with Crippen LogP contribution in [0.5, 0.6) is 5.75 Å². The van der Waals surface area contributed by atoms with Gasteiger partial charge in [0.2, 0.25) is 0 Å². The second kappa shape index (κ2) is 10.4. The van der Waals surface area contributed by atoms with Gasteiger partial charge in [0.05, 0.1) is 16.0 Å². The number of benzene rings is 2. The molecule has 28 heavy (non-hydrogen) atoms. The van der Waals surface area contributed by atoms with E-state index in [0.29, 0.717) is 28.1 Å². The third-order valence-electron chi connectivity index (χ3n) is 3.58. The molecule has 7 nitrogen and oxygen atoms in total. The van der Waals surface area contributed by atoms with Crippen molar-refractivity contribution in [1.82, 2.24) is 5.32 Å². The van der Waals surface area contributed by atoms with Crippen LogP contribution in [-0.2, 0) is 0 Å². The van der Waals surface area contributed by atoms with Crippen LogP contribution in [-0.4, -0.2) is 22.5 Å². The lowest BCUT2D eigenvalue weighted by molar-refractivity contribution is -0.384. The number of ether oxygens (including phenoxy) is 1. The van der Waals surface area contributed by atoms with Gasteiger partial charge < -0.3 is 10.1 Å². The van der Waals surface area contributed by atoms with Gasteiger partial charge in [0.15, 0.2) is 5.11 Å². The van der Waals surface area contributed by atoms with Crippen molar-refractivity contribution < 1.29 is 14.5 Å². The summed E-state index contributed by atoms with van der Waals surface area (Å²) in [5.41, 5.74) is 0.451. The summed E-state index contributed by atoms with van der Waals surface area (Å²) in [7, 11) is 0. The number of amides is 1. The van der Waals surface area contributed by atoms with Crippen LogP contribution in [0.25, 0.3) is 0 Å². The molecule has 2 N–H and O–H groups in total. The fourth-order valence-corrected chi connectivity index (χ4v) is 3.04. The molecule has 2 rings (SSSR count). The van der Waals surface area contributed by atoms with Crippen molar-refractivity contribution in [3.8, 4) is 5.75 Å². The summed E-state index contributed by atoms with van der Waals surface area (Å²) in [6.45, 7) is 2.67. The minimum Gasteiger partial charge on any atom is -0.492 e. The second-order valence-electron chi connectivity index (χ2n) is 5.68. The van der Waals surface area contributed by atoms with Crippen molar-refractivity contribution >= 4 is 62.1 Å². The van der Waals surface area contributed by atoms with E-state index in [0.717, 1.165) is 12.8 Å². The number of hydrogen-bond donors (Lipinski definition) is 2. The molecule has 1 amide bonds. The quantitative estimate of drug-likeness (QED) is 0.238. The molecular formula is C18H17BrClN3O4S. The van der Waals surface area contributed by atoms with Crippen LogP contribution in [0.1, 0.15) is 30.1 Å². The Morgan fingerprint density at radius 1 is 1.32 bits per heavy atom. The summed E-state index contributed by atoms with van der Waals surface area (Å²) >= 11 is 14.3. The third kappa shape index (κ3) is 6.15. The average molecular weight is 487 g/mol. The van der Waals surface area contributed by atoms with Gasteiger partial charge in [0, 0.05) is 17.3 Å². The van der Waals surface area contributed by atoms with E-state index in [1.165, 1.54) is 18.2 Å². The maximum Gasteiger partial charge on any atom is 0.289 e. The Morgan fingerprint density at radius 2 is 2.07 bits per heavy atom. The maximum atomic E-state index is 12.4. The minimum atomic E-state index is -0.600. The molecule has 0 aliphatic carbocycles. The molecule has 0 radical (unpaired) electrons. The summed E-state index contributed by atoms with van der Waals surface area (Å²) in [6, 6.07) is 9.09. The maximum absolute atomic E-state index is 12.4. The molecule has 0 aliphatic heterocycles. The van der Waals surface area contributed by atoms with E-state index in [2.05, 4.69) is 33.5 Å². The number of halogens is 2. The number of thiocarbonyl (C=S) groups is 1. The first-order chi connectivity index (χ1) is 13.3. The van der Waals surface area contributed by atoms with Crippen molar-refractivity contribution in [2.24, 2.45) is 0 Å². The number of anilines is 1. The molecule has 0 saturated heterocycles. The lowest BCUT2D eigenvalue weighted by Gasteiger charge is -2.11. The van der Waals surface area contributed by atoms with Gasteiger partial charge in [0.25, 0.3) is 11.6 Å². The number of carbonyl (C=O) groups excluding carboxylic acids is 1. The first-order valence-electron chi connectivity index (χ1n) is 8.30. The van der Waals surface area contributed by atoms with Crippen LogP contribution in [0.3, 0.4) is 0 Å². The van der Waals surface area contributed by atoms with E-state index in [1.807, 2.05) is 0 Å². The summed E-state index contributed by atoms with van der Waals surface area (Å²) < 4.78 is 6.29. The SMILES string of the molecule is CCCCOc1ccc(C(=O)NC(=S)Nc2ccc(Cl)c([N+](=O)[O-])c2)cc1Br. The molecule has 0 atom stereocenters. The molecule has 0 saturated carbocycles. The Balaban J connectivity index is 2.00. The smallest absolute Gasteiger partial charge is 0.289 e. The third-order valence-corrected chi connectivity index (χ3v) is 4.72. The highest BCUT2D eigenvalue weighted by Crippen LogP contribution is 2.28. The van der Waals surface area contributed by atoms with E-state index < -0.39 is 10.8 Å². The molecule has 0 heterocycles. The Hall–Kier alpha value is -2.23. The number of unbranched alkanes of at least 4 members (excludes halogenated alkanes) is 1. The first kappa shape index (κ1) is 22.1. The van der Waals surface area contributed by atoms with Crippen molar-refractivity contribution in [1.29, 1.82) is 0 Å². The van der Waals surface area contributed by atoms with E-state index in [1.54, 1.807) is 18.2 Å². The Bertz CT molecular complexity index is 910. The molecule has 0 aromatic heterocycles. The molecule has 10 heteroatoms. The zero-order valence-corrected chi connectivity index (χ0v) is 18.0. The number of hydrogen-bond acceptors (Lipinski definition) is 5. The Kier molecular flexibility index (Phi) is 8.16. The van der Waals surface area contributed by atoms with E-state index in [9.17, 15) is 14.9 Å². The van der Waals surface area contributed by atoms with Crippen molar-refractivity contribution in [2.75, 3.05) is 11.9 Å². The minimum absolute atomic E-state index is 0.000940. The van der Waals surface area contributed by atoms with E-state index >= 15 is 0 Å². The van der Waals surface area contributed by atoms with Gasteiger partial charge in [0.1, 0.15) is 10.8 Å². The number of nitro groups is 1. The summed E-state index contributed by atoms with van der Waals surface area (Å²) in [5, 5.41) is 16.2. The van der Waals surface area contributed by atoms with Crippen LogP contribution >= 0.6 is 39.7 Å². The highest BCUT2D eigenvalue weighted by molar-refractivity contribution is 9.10. The standard InChI is InChI=1S/C18H17BrClN3O4S/c1-2-3-8-27-16-7-4-11(9-13(16)19)17(24)22-18(28)21-12-5-6-14(20)15(10-12)23(25)26/h4-7,9-10H,2-3,8H2,1H3,(H2,21,22,24,28). The van der Waals surface area contributed by atoms with Gasteiger partial charge in [-0.05, 0) is 64.9 Å². The molecular weight excluding hydrogens is 470 g/mol. The van der Waals surface area contributed by atoms with Gasteiger partial charge in [-0.1, -0.05) is 24.9 Å². The molecule has 2 aromatic rings. The molecule has 0 unspecified atom stereocenters. The van der Waals surface area contributed by atoms with Crippen LogP contribution < -0.4 is 15.4 Å². The number of nitrogens with one attached hydrogen (secondary N) is 2. The van der Waals surface area contributed by atoms with Crippen LogP contribution in [0, 0.1) is 10.1 Å². The number of rotatable bonds is 7. The van der Waals surface area contributed by atoms with Crippen molar-refractivity contribution in [3.05, 3.63) is 61.6 Å². The van der Waals surface area contributed by atoms with Gasteiger partial charge in [-0.15, -0.1) is 0 Å². The zero-order valence-electron chi connectivity index (χ0n) is 14.8. The van der Waals surface area contributed by atoms with Gasteiger partial charge >= 0.3 is 0 Å². The van der Waals surface area contributed by atoms with E-state index in [-0.39, 0.29) is 15.8 Å². The fraction of sp³-hybridized carbons (Fsp3) is 0.222. The molecule has 0 bridgehead atoms. The monoisotopic (exact) mass is 485 g/mol. The summed E-state index contributed by atoms with van der Waals surface area (Å²) in [6.07, 6.45) is 1.97. The molecule has 0 spiro atoms. The zero-order chi connectivity index (χ0) is 20.7. The first-order valence-corrected chi connectivity index (χ1v) is 9.88. The number of nitrogens with zero attached hydrogens (tertiary/aromatic N) is 1. The molecule has 2 aromatic carbocycles. The number of nitro benzene ring substituents is 1. The Labute approximate surface area is 180 Å². The largest absolute Gasteiger partial charge is 0.492 e. The average Bonchev–Trinajstić information content (AvgIpc) is 2.64. The number of carbonyl (C=O) groups is 1. The summed E-state index contributed by atoms with van der Waals surface area (Å²) in [5.74, 6) is 0.223. The highest BCUT2D eigenvalue weighted by Gasteiger charge is 2.15. The topological polar surface area (TPSA) is 93.5 Å². The highest BCUT2D eigenvalue weighted by atomic mass is 79.9. The van der Waals surface area contributed by atoms with Crippen LogP contribution in [0.2, 0.25) is 5.02 Å². The fourth-order valence-electron chi connectivity index (χ4n) is 2.15. The summed E-state index contributed by atoms with van der Waals surface area (Å²) in [4.78, 5) is 22.7. The lowest BCUT2D eigenvalue weighted by Crippen LogP contribution is -2.34. The normalized spacial score (nSPS) is 10.2. The van der Waals surface area contributed by atoms with Gasteiger partial charge in [-0.2, -0.15) is 0 Å². The van der Waals surface area contributed by atoms with Crippen molar-refractivity contribution in [3.63, 3.8) is 0 Å². The predicted molar refractivity (Wildman–Crippen MR) is 116 cm³/mol. The lowest BCUT2D eigenvalue weighted by atomic mass is 10.2. The predicted octanol–water partition coefficient (Wildman–Crippen LogP) is 5.32. The van der Waals surface area contributed by atoms with E-state index in [4.69, 9.17) is 28.6 Å². The molecule has 0 fully saturated rings. The van der Waals surface area contributed by atoms with Crippen molar-refractivity contribution in [2.45, 2.75) is 19.8 Å². The van der Waals surface area contributed by atoms with Gasteiger partial charge in [-0.3, -0.25) is 20.2 Å². The van der Waals surface area contributed by atoms with Crippen LogP contribution in [0.4, 0.5) is 11.4 Å². The van der Waals surface area contributed by atoms with Crippen LogP contribution in [0.15, 0.2) is 40.9 Å². The Morgan fingerprint density at radius 3 is 2.71 bits per heavy atom.